The molecule has 4 heteroatoms. The van der Waals surface area contributed by atoms with Gasteiger partial charge in [-0.3, -0.25) is 9.59 Å². The minimum absolute atomic E-state index is 0.0657. The summed E-state index contributed by atoms with van der Waals surface area (Å²) in [4.78, 5) is 30.6. The number of nitrogens with one attached hydrogen (secondary N) is 1. The Labute approximate surface area is 159 Å². The Balaban J connectivity index is 2.03. The first kappa shape index (κ1) is 18.9. The van der Waals surface area contributed by atoms with Gasteiger partial charge in [-0.15, -0.1) is 0 Å². The third kappa shape index (κ3) is 3.95. The Kier molecular flexibility index (Phi) is 4.92. The zero-order chi connectivity index (χ0) is 19.8. The van der Waals surface area contributed by atoms with Crippen molar-refractivity contribution in [3.05, 3.63) is 81.1 Å². The summed E-state index contributed by atoms with van der Waals surface area (Å²) in [5.41, 5.74) is 3.52. The van der Waals surface area contributed by atoms with Crippen LogP contribution in [0.15, 0.2) is 53.3 Å². The van der Waals surface area contributed by atoms with Crippen LogP contribution < -0.4 is 5.56 Å². The minimum atomic E-state index is -0.423. The lowest BCUT2D eigenvalue weighted by molar-refractivity contribution is 0.0557. The fourth-order valence-electron chi connectivity index (χ4n) is 3.22. The van der Waals surface area contributed by atoms with E-state index in [-0.39, 0.29) is 18.0 Å². The van der Waals surface area contributed by atoms with Crippen molar-refractivity contribution < 1.29 is 4.79 Å². The van der Waals surface area contributed by atoms with Crippen LogP contribution in [0.4, 0.5) is 0 Å². The maximum absolute atomic E-state index is 13.2. The first-order valence-corrected chi connectivity index (χ1v) is 9.17. The highest BCUT2D eigenvalue weighted by molar-refractivity contribution is 5.96. The number of H-pyrrole nitrogens is 1. The van der Waals surface area contributed by atoms with Gasteiger partial charge in [0.15, 0.2) is 0 Å². The lowest BCUT2D eigenvalue weighted by atomic mass is 10.00. The van der Waals surface area contributed by atoms with Crippen molar-refractivity contribution in [1.82, 2.24) is 9.88 Å². The van der Waals surface area contributed by atoms with Crippen LogP contribution in [0, 0.1) is 13.8 Å². The van der Waals surface area contributed by atoms with Crippen molar-refractivity contribution >= 4 is 16.8 Å². The predicted molar refractivity (Wildman–Crippen MR) is 110 cm³/mol. The summed E-state index contributed by atoms with van der Waals surface area (Å²) >= 11 is 0. The van der Waals surface area contributed by atoms with Crippen molar-refractivity contribution in [2.45, 2.75) is 46.7 Å². The number of hydrogen-bond acceptors (Lipinski definition) is 2. The second-order valence-electron chi connectivity index (χ2n) is 8.09. The molecule has 0 saturated carbocycles. The fraction of sp³-hybridized carbons (Fsp3) is 0.304. The van der Waals surface area contributed by atoms with Gasteiger partial charge >= 0.3 is 0 Å². The molecule has 3 aromatic rings. The number of aryl methyl sites for hydroxylation is 2. The van der Waals surface area contributed by atoms with Gasteiger partial charge in [0.25, 0.3) is 11.5 Å². The standard InChI is InChI=1S/C23H26N2O2/c1-15-10-11-17-13-18(21(26)24-20(17)12-15)14-25(23(3,4)5)22(27)19-9-7-6-8-16(19)2/h6-13H,14H2,1-5H3,(H,24,26). The van der Waals surface area contributed by atoms with Gasteiger partial charge in [0.05, 0.1) is 6.54 Å². The highest BCUT2D eigenvalue weighted by atomic mass is 16.2. The zero-order valence-corrected chi connectivity index (χ0v) is 16.6. The molecule has 0 aliphatic heterocycles. The largest absolute Gasteiger partial charge is 0.329 e. The number of rotatable bonds is 3. The Morgan fingerprint density at radius 3 is 2.41 bits per heavy atom. The predicted octanol–water partition coefficient (Wildman–Crippen LogP) is 4.59. The van der Waals surface area contributed by atoms with Gasteiger partial charge < -0.3 is 9.88 Å². The van der Waals surface area contributed by atoms with Crippen LogP contribution in [-0.2, 0) is 6.54 Å². The van der Waals surface area contributed by atoms with Gasteiger partial charge in [-0.05, 0) is 69.3 Å². The monoisotopic (exact) mass is 362 g/mol. The Morgan fingerprint density at radius 1 is 1.04 bits per heavy atom. The minimum Gasteiger partial charge on any atom is -0.329 e. The zero-order valence-electron chi connectivity index (χ0n) is 16.6. The van der Waals surface area contributed by atoms with Crippen LogP contribution in [0.1, 0.15) is 47.8 Å². The van der Waals surface area contributed by atoms with Gasteiger partial charge in [0.2, 0.25) is 0 Å². The smallest absolute Gasteiger partial charge is 0.254 e. The molecule has 1 heterocycles. The van der Waals surface area contributed by atoms with E-state index in [0.29, 0.717) is 11.1 Å². The molecule has 0 fully saturated rings. The molecule has 4 nitrogen and oxygen atoms in total. The highest BCUT2D eigenvalue weighted by Crippen LogP contribution is 2.22. The van der Waals surface area contributed by atoms with Crippen molar-refractivity contribution in [3.8, 4) is 0 Å². The number of aromatic nitrogens is 1. The Morgan fingerprint density at radius 2 is 1.74 bits per heavy atom. The topological polar surface area (TPSA) is 53.2 Å². The van der Waals surface area contributed by atoms with Crippen LogP contribution in [0.3, 0.4) is 0 Å². The maximum atomic E-state index is 13.2. The average molecular weight is 362 g/mol. The highest BCUT2D eigenvalue weighted by Gasteiger charge is 2.29. The number of nitrogens with zero attached hydrogens (tertiary/aromatic N) is 1. The van der Waals surface area contributed by atoms with Crippen molar-refractivity contribution in [2.75, 3.05) is 0 Å². The molecule has 0 radical (unpaired) electrons. The third-order valence-corrected chi connectivity index (χ3v) is 4.84. The van der Waals surface area contributed by atoms with E-state index in [2.05, 4.69) is 4.98 Å². The summed E-state index contributed by atoms with van der Waals surface area (Å²) in [6, 6.07) is 15.4. The van der Waals surface area contributed by atoms with Crippen molar-refractivity contribution in [2.24, 2.45) is 0 Å². The Hall–Kier alpha value is -2.88. The molecule has 1 amide bonds. The number of aromatic amines is 1. The summed E-state index contributed by atoms with van der Waals surface area (Å²) in [6.07, 6.45) is 0. The summed E-state index contributed by atoms with van der Waals surface area (Å²) in [6.45, 7) is 10.1. The van der Waals surface area contributed by atoms with Gasteiger partial charge in [0, 0.05) is 22.2 Å². The second-order valence-corrected chi connectivity index (χ2v) is 8.09. The number of benzene rings is 2. The van der Waals surface area contributed by atoms with Crippen LogP contribution in [0.25, 0.3) is 10.9 Å². The van der Waals surface area contributed by atoms with Gasteiger partial charge in [0.1, 0.15) is 0 Å². The molecule has 140 valence electrons. The first-order valence-electron chi connectivity index (χ1n) is 9.17. The van der Waals surface area contributed by atoms with Crippen molar-refractivity contribution in [1.29, 1.82) is 0 Å². The second kappa shape index (κ2) is 7.03. The number of carbonyl (C=O) groups excluding carboxylic acids is 1. The van der Waals surface area contributed by atoms with Crippen LogP contribution in [0.5, 0.6) is 0 Å². The van der Waals surface area contributed by atoms with Crippen LogP contribution in [-0.4, -0.2) is 21.3 Å². The molecule has 0 unspecified atom stereocenters. The van der Waals surface area contributed by atoms with Crippen molar-refractivity contribution in [3.63, 3.8) is 0 Å². The van der Waals surface area contributed by atoms with Gasteiger partial charge in [-0.25, -0.2) is 0 Å². The van der Waals surface area contributed by atoms with Gasteiger partial charge in [-0.1, -0.05) is 30.3 Å². The number of hydrogen-bond donors (Lipinski definition) is 1. The quantitative estimate of drug-likeness (QED) is 0.741. The van der Waals surface area contributed by atoms with E-state index in [1.165, 1.54) is 0 Å². The molecule has 1 N–H and O–H groups in total. The summed E-state index contributed by atoms with van der Waals surface area (Å²) < 4.78 is 0. The van der Waals surface area contributed by atoms with E-state index >= 15 is 0 Å². The molecule has 1 aromatic heterocycles. The van der Waals surface area contributed by atoms with Gasteiger partial charge in [-0.2, -0.15) is 0 Å². The fourth-order valence-corrected chi connectivity index (χ4v) is 3.22. The molecular weight excluding hydrogens is 336 g/mol. The normalized spacial score (nSPS) is 11.6. The SMILES string of the molecule is Cc1ccc2cc(CN(C(=O)c3ccccc3C)C(C)(C)C)c(=O)[nH]c2c1. The first-order chi connectivity index (χ1) is 12.7. The van der Waals surface area contributed by atoms with Crippen LogP contribution in [0.2, 0.25) is 0 Å². The molecular formula is C23H26N2O2. The molecule has 0 atom stereocenters. The van der Waals surface area contributed by atoms with E-state index < -0.39 is 5.54 Å². The number of amides is 1. The van der Waals surface area contributed by atoms with E-state index in [4.69, 9.17) is 0 Å². The van der Waals surface area contributed by atoms with E-state index in [9.17, 15) is 9.59 Å². The molecule has 0 aliphatic rings. The molecule has 3 rings (SSSR count). The average Bonchev–Trinajstić information content (AvgIpc) is 2.58. The summed E-state index contributed by atoms with van der Waals surface area (Å²) in [5.74, 6) is -0.0657. The number of fused-ring (bicyclic) bond motifs is 1. The lowest BCUT2D eigenvalue weighted by Gasteiger charge is -2.36. The summed E-state index contributed by atoms with van der Waals surface area (Å²) in [5, 5.41) is 0.965. The summed E-state index contributed by atoms with van der Waals surface area (Å²) in [7, 11) is 0. The van der Waals surface area contributed by atoms with E-state index in [0.717, 1.165) is 22.0 Å². The maximum Gasteiger partial charge on any atom is 0.254 e. The third-order valence-electron chi connectivity index (χ3n) is 4.84. The van der Waals surface area contributed by atoms with E-state index in [1.54, 1.807) is 4.90 Å². The molecule has 0 aliphatic carbocycles. The molecule has 0 spiro atoms. The molecule has 0 saturated heterocycles. The molecule has 0 bridgehead atoms. The Bertz CT molecular complexity index is 1060. The van der Waals surface area contributed by atoms with Crippen LogP contribution >= 0.6 is 0 Å². The number of pyridine rings is 1. The lowest BCUT2D eigenvalue weighted by Crippen LogP contribution is -2.46. The van der Waals surface area contributed by atoms with E-state index in [1.807, 2.05) is 83.1 Å². The number of carbonyl (C=O) groups is 1. The molecule has 2 aromatic carbocycles. The molecule has 27 heavy (non-hydrogen) atoms.